The van der Waals surface area contributed by atoms with Crippen LogP contribution in [0.2, 0.25) is 5.15 Å². The van der Waals surface area contributed by atoms with E-state index in [4.69, 9.17) is 16.3 Å². The Kier molecular flexibility index (Phi) is 4.76. The maximum absolute atomic E-state index is 10.6. The number of hydrogen-bond acceptors (Lipinski definition) is 5. The van der Waals surface area contributed by atoms with Crippen LogP contribution < -0.4 is 4.90 Å². The average Bonchev–Trinajstić information content (AvgIpc) is 2.37. The van der Waals surface area contributed by atoms with Gasteiger partial charge in [-0.25, -0.2) is 9.97 Å². The zero-order chi connectivity index (χ0) is 15.7. The van der Waals surface area contributed by atoms with E-state index >= 15 is 0 Å². The zero-order valence-electron chi connectivity index (χ0n) is 13.2. The minimum absolute atomic E-state index is 0.171. The van der Waals surface area contributed by atoms with Crippen LogP contribution in [0.15, 0.2) is 6.07 Å². The molecule has 0 radical (unpaired) electrons. The van der Waals surface area contributed by atoms with Gasteiger partial charge in [0.15, 0.2) is 0 Å². The molecule has 1 N–H and O–H groups in total. The van der Waals surface area contributed by atoms with Crippen molar-refractivity contribution >= 4 is 17.4 Å². The highest BCUT2D eigenvalue weighted by Gasteiger charge is 2.32. The van der Waals surface area contributed by atoms with Gasteiger partial charge < -0.3 is 14.7 Å². The van der Waals surface area contributed by atoms with E-state index < -0.39 is 5.60 Å². The van der Waals surface area contributed by atoms with Gasteiger partial charge >= 0.3 is 0 Å². The number of aromatic nitrogens is 2. The molecule has 1 aliphatic rings. The van der Waals surface area contributed by atoms with Crippen LogP contribution in [0, 0.1) is 0 Å². The summed E-state index contributed by atoms with van der Waals surface area (Å²) in [6.45, 7) is 7.86. The van der Waals surface area contributed by atoms with Crippen molar-refractivity contribution in [2.24, 2.45) is 0 Å². The first kappa shape index (κ1) is 16.5. The molecule has 1 aromatic heterocycles. The van der Waals surface area contributed by atoms with Crippen LogP contribution in [-0.2, 0) is 10.2 Å². The third kappa shape index (κ3) is 4.28. The van der Waals surface area contributed by atoms with Crippen LogP contribution in [0.1, 0.15) is 39.4 Å². The molecule has 0 saturated carbocycles. The predicted octanol–water partition coefficient (Wildman–Crippen LogP) is 2.41. The molecule has 1 aromatic rings. The molecule has 1 aliphatic heterocycles. The van der Waals surface area contributed by atoms with E-state index in [0.29, 0.717) is 43.6 Å². The molecule has 21 heavy (non-hydrogen) atoms. The Morgan fingerprint density at radius 1 is 1.33 bits per heavy atom. The summed E-state index contributed by atoms with van der Waals surface area (Å²) in [5.41, 5.74) is -0.900. The van der Waals surface area contributed by atoms with Crippen molar-refractivity contribution in [1.29, 1.82) is 0 Å². The summed E-state index contributed by atoms with van der Waals surface area (Å²) >= 11 is 6.12. The summed E-state index contributed by atoms with van der Waals surface area (Å²) in [6.07, 6.45) is 1.28. The SMILES string of the molecule is CN(CC1(O)CCOCC1)c1cc(Cl)nc(C(C)(C)C)n1. The Hall–Kier alpha value is -0.910. The summed E-state index contributed by atoms with van der Waals surface area (Å²) in [7, 11) is 1.92. The van der Waals surface area contributed by atoms with Gasteiger partial charge in [-0.3, -0.25) is 0 Å². The Morgan fingerprint density at radius 3 is 2.52 bits per heavy atom. The molecule has 1 saturated heterocycles. The molecule has 5 nitrogen and oxygen atoms in total. The fraction of sp³-hybridized carbons (Fsp3) is 0.733. The third-order valence-corrected chi connectivity index (χ3v) is 3.89. The molecule has 6 heteroatoms. The number of ether oxygens (including phenoxy) is 1. The number of halogens is 1. The summed E-state index contributed by atoms with van der Waals surface area (Å²) in [4.78, 5) is 10.8. The van der Waals surface area contributed by atoms with Gasteiger partial charge in [-0.1, -0.05) is 32.4 Å². The van der Waals surface area contributed by atoms with Crippen LogP contribution in [0.4, 0.5) is 5.82 Å². The van der Waals surface area contributed by atoms with E-state index in [1.807, 2.05) is 11.9 Å². The van der Waals surface area contributed by atoms with E-state index in [-0.39, 0.29) is 5.41 Å². The molecule has 0 unspecified atom stereocenters. The van der Waals surface area contributed by atoms with Crippen molar-refractivity contribution < 1.29 is 9.84 Å². The minimum Gasteiger partial charge on any atom is -0.388 e. The monoisotopic (exact) mass is 313 g/mol. The van der Waals surface area contributed by atoms with Crippen LogP contribution in [0.25, 0.3) is 0 Å². The Morgan fingerprint density at radius 2 is 1.95 bits per heavy atom. The molecule has 0 spiro atoms. The second kappa shape index (κ2) is 6.07. The number of anilines is 1. The smallest absolute Gasteiger partial charge is 0.137 e. The van der Waals surface area contributed by atoms with Crippen molar-refractivity contribution in [2.45, 2.75) is 44.6 Å². The van der Waals surface area contributed by atoms with Gasteiger partial charge in [0.2, 0.25) is 0 Å². The van der Waals surface area contributed by atoms with E-state index in [9.17, 15) is 5.11 Å². The molecule has 0 bridgehead atoms. The Bertz CT molecular complexity index is 496. The normalized spacial score (nSPS) is 18.6. The second-order valence-corrected chi connectivity index (χ2v) is 7.20. The first-order valence-corrected chi connectivity index (χ1v) is 7.64. The summed E-state index contributed by atoms with van der Waals surface area (Å²) in [5, 5.41) is 11.0. The third-order valence-electron chi connectivity index (χ3n) is 3.70. The zero-order valence-corrected chi connectivity index (χ0v) is 13.9. The largest absolute Gasteiger partial charge is 0.388 e. The molecule has 0 amide bonds. The van der Waals surface area contributed by atoms with Gasteiger partial charge in [0.25, 0.3) is 0 Å². The van der Waals surface area contributed by atoms with Crippen molar-refractivity contribution in [2.75, 3.05) is 31.7 Å². The highest BCUT2D eigenvalue weighted by molar-refractivity contribution is 6.29. The number of aliphatic hydroxyl groups is 1. The summed E-state index contributed by atoms with van der Waals surface area (Å²) in [6, 6.07) is 1.74. The fourth-order valence-electron chi connectivity index (χ4n) is 2.37. The molecule has 1 fully saturated rings. The van der Waals surface area contributed by atoms with E-state index in [1.165, 1.54) is 0 Å². The second-order valence-electron chi connectivity index (χ2n) is 6.82. The minimum atomic E-state index is -0.730. The molecule has 2 heterocycles. The maximum Gasteiger partial charge on any atom is 0.137 e. The highest BCUT2D eigenvalue weighted by Crippen LogP contribution is 2.26. The molecule has 0 aromatic carbocycles. The maximum atomic E-state index is 10.6. The average molecular weight is 314 g/mol. The lowest BCUT2D eigenvalue weighted by Crippen LogP contribution is -2.46. The lowest BCUT2D eigenvalue weighted by molar-refractivity contribution is -0.0573. The van der Waals surface area contributed by atoms with E-state index in [1.54, 1.807) is 6.07 Å². The summed E-state index contributed by atoms with van der Waals surface area (Å²) in [5.74, 6) is 1.44. The van der Waals surface area contributed by atoms with Crippen LogP contribution in [-0.4, -0.2) is 47.5 Å². The quantitative estimate of drug-likeness (QED) is 0.868. The van der Waals surface area contributed by atoms with Gasteiger partial charge in [-0.15, -0.1) is 0 Å². The summed E-state index contributed by atoms with van der Waals surface area (Å²) < 4.78 is 5.31. The Labute approximate surface area is 131 Å². The molecule has 2 rings (SSSR count). The fourth-order valence-corrected chi connectivity index (χ4v) is 2.55. The van der Waals surface area contributed by atoms with Gasteiger partial charge in [-0.05, 0) is 0 Å². The van der Waals surface area contributed by atoms with Gasteiger partial charge in [0.1, 0.15) is 16.8 Å². The van der Waals surface area contributed by atoms with Crippen LogP contribution in [0.3, 0.4) is 0 Å². The van der Waals surface area contributed by atoms with Crippen LogP contribution in [0.5, 0.6) is 0 Å². The van der Waals surface area contributed by atoms with E-state index in [2.05, 4.69) is 30.7 Å². The van der Waals surface area contributed by atoms with Crippen molar-refractivity contribution in [1.82, 2.24) is 9.97 Å². The van der Waals surface area contributed by atoms with E-state index in [0.717, 1.165) is 5.82 Å². The topological polar surface area (TPSA) is 58.5 Å². The first-order chi connectivity index (χ1) is 9.70. The van der Waals surface area contributed by atoms with Crippen LogP contribution >= 0.6 is 11.6 Å². The molecular formula is C15H24ClN3O2. The first-order valence-electron chi connectivity index (χ1n) is 7.26. The number of rotatable bonds is 3. The number of hydrogen-bond donors (Lipinski definition) is 1. The predicted molar refractivity (Wildman–Crippen MR) is 84.0 cm³/mol. The Balaban J connectivity index is 2.19. The molecule has 0 atom stereocenters. The molecule has 118 valence electrons. The van der Waals surface area contributed by atoms with Gasteiger partial charge in [0, 0.05) is 51.1 Å². The molecular weight excluding hydrogens is 290 g/mol. The van der Waals surface area contributed by atoms with Gasteiger partial charge in [-0.2, -0.15) is 0 Å². The van der Waals surface area contributed by atoms with Crippen molar-refractivity contribution in [3.8, 4) is 0 Å². The highest BCUT2D eigenvalue weighted by atomic mass is 35.5. The lowest BCUT2D eigenvalue weighted by Gasteiger charge is -2.36. The van der Waals surface area contributed by atoms with Gasteiger partial charge in [0.05, 0.1) is 5.60 Å². The molecule has 0 aliphatic carbocycles. The lowest BCUT2D eigenvalue weighted by atomic mass is 9.94. The number of likely N-dealkylation sites (N-methyl/N-ethyl adjacent to an activating group) is 1. The standard InChI is InChI=1S/C15H24ClN3O2/c1-14(2,3)13-17-11(16)9-12(18-13)19(4)10-15(20)5-7-21-8-6-15/h9,20H,5-8,10H2,1-4H3. The van der Waals surface area contributed by atoms with Crippen molar-refractivity contribution in [3.05, 3.63) is 17.0 Å². The number of nitrogens with zero attached hydrogens (tertiary/aromatic N) is 3. The van der Waals surface area contributed by atoms with Crippen molar-refractivity contribution in [3.63, 3.8) is 0 Å².